The molecule has 3 amide bonds. The van der Waals surface area contributed by atoms with Crippen LogP contribution in [0.1, 0.15) is 61.4 Å². The average Bonchev–Trinajstić information content (AvgIpc) is 3.17. The summed E-state index contributed by atoms with van der Waals surface area (Å²) in [6.45, 7) is 6.61. The average molecular weight is 624 g/mol. The molecule has 1 saturated heterocycles. The minimum absolute atomic E-state index is 0.143. The second-order valence-electron chi connectivity index (χ2n) is 11.8. The summed E-state index contributed by atoms with van der Waals surface area (Å²) in [6, 6.07) is 18.3. The summed E-state index contributed by atoms with van der Waals surface area (Å²) >= 11 is 12.9. The number of aryl methyl sites for hydroxylation is 1. The Morgan fingerprint density at radius 2 is 1.67 bits per heavy atom. The molecule has 2 aliphatic rings. The number of amides is 3. The highest BCUT2D eigenvalue weighted by Gasteiger charge is 2.67. The monoisotopic (exact) mass is 622 g/mol. The van der Waals surface area contributed by atoms with Crippen LogP contribution in [0.15, 0.2) is 66.7 Å². The molecule has 0 aromatic heterocycles. The van der Waals surface area contributed by atoms with Crippen molar-refractivity contribution in [1.29, 1.82) is 0 Å². The molecule has 10 heteroatoms. The van der Waals surface area contributed by atoms with Crippen molar-refractivity contribution in [3.8, 4) is 0 Å². The van der Waals surface area contributed by atoms with E-state index in [9.17, 15) is 14.4 Å². The molecule has 2 aliphatic heterocycles. The number of anilines is 1. The lowest BCUT2D eigenvalue weighted by molar-refractivity contribution is -0.155. The Kier molecular flexibility index (Phi) is 8.05. The Hall–Kier alpha value is -3.88. The van der Waals surface area contributed by atoms with Gasteiger partial charge in [0.2, 0.25) is 11.8 Å². The normalized spacial score (nSPS) is 21.7. The number of likely N-dealkylation sites (tertiary alicyclic amines) is 1. The Labute approximate surface area is 260 Å². The van der Waals surface area contributed by atoms with Gasteiger partial charge in [0.25, 0.3) is 0 Å². The molecule has 224 valence electrons. The van der Waals surface area contributed by atoms with Crippen molar-refractivity contribution in [3.63, 3.8) is 0 Å². The number of benzene rings is 3. The van der Waals surface area contributed by atoms with Crippen molar-refractivity contribution in [2.75, 3.05) is 18.6 Å². The SMILES string of the molecule is COC(=O)CN1C(=O)CC(c2cccc(Cl)c2)C2(C(=O)N(C(=O)OC(C)(C)C)c3cc(Cl)ccc32)C1c1ccccc1C. The van der Waals surface area contributed by atoms with Gasteiger partial charge in [0.15, 0.2) is 0 Å². The lowest BCUT2D eigenvalue weighted by Crippen LogP contribution is -2.61. The second-order valence-corrected chi connectivity index (χ2v) is 12.7. The summed E-state index contributed by atoms with van der Waals surface area (Å²) in [7, 11) is 1.24. The van der Waals surface area contributed by atoms with E-state index in [1.807, 2.05) is 37.3 Å². The van der Waals surface area contributed by atoms with Crippen molar-refractivity contribution >= 4 is 52.8 Å². The summed E-state index contributed by atoms with van der Waals surface area (Å²) in [6.07, 6.45) is -1.02. The van der Waals surface area contributed by atoms with E-state index in [2.05, 4.69) is 0 Å². The fourth-order valence-electron chi connectivity index (χ4n) is 6.37. The predicted octanol–water partition coefficient (Wildman–Crippen LogP) is 6.75. The number of hydrogen-bond donors (Lipinski definition) is 0. The van der Waals surface area contributed by atoms with Crippen molar-refractivity contribution in [2.45, 2.75) is 57.1 Å². The van der Waals surface area contributed by atoms with Crippen LogP contribution in [0.25, 0.3) is 0 Å². The molecule has 0 N–H and O–H groups in total. The zero-order valence-corrected chi connectivity index (χ0v) is 26.0. The van der Waals surface area contributed by atoms with E-state index in [1.165, 1.54) is 12.0 Å². The molecule has 43 heavy (non-hydrogen) atoms. The Morgan fingerprint density at radius 1 is 0.977 bits per heavy atom. The highest BCUT2D eigenvalue weighted by molar-refractivity contribution is 6.32. The number of halogens is 2. The Balaban J connectivity index is 1.89. The number of ether oxygens (including phenoxy) is 2. The van der Waals surface area contributed by atoms with Crippen molar-refractivity contribution in [1.82, 2.24) is 4.90 Å². The van der Waals surface area contributed by atoms with Crippen LogP contribution in [-0.2, 0) is 29.3 Å². The number of fused-ring (bicyclic) bond motifs is 2. The fourth-order valence-corrected chi connectivity index (χ4v) is 6.73. The van der Waals surface area contributed by atoms with Crippen LogP contribution < -0.4 is 4.90 Å². The first-order valence-corrected chi connectivity index (χ1v) is 14.6. The maximum atomic E-state index is 15.2. The minimum Gasteiger partial charge on any atom is -0.468 e. The van der Waals surface area contributed by atoms with Gasteiger partial charge in [-0.25, -0.2) is 9.69 Å². The van der Waals surface area contributed by atoms with Crippen LogP contribution in [0.2, 0.25) is 10.0 Å². The van der Waals surface area contributed by atoms with E-state index >= 15 is 4.79 Å². The van der Waals surface area contributed by atoms with Crippen molar-refractivity contribution in [3.05, 3.63) is 99.0 Å². The van der Waals surface area contributed by atoms with E-state index in [0.717, 1.165) is 10.5 Å². The third kappa shape index (κ3) is 5.27. The Morgan fingerprint density at radius 3 is 2.33 bits per heavy atom. The third-order valence-electron chi connectivity index (χ3n) is 8.03. The van der Waals surface area contributed by atoms with Gasteiger partial charge in [-0.3, -0.25) is 14.4 Å². The van der Waals surface area contributed by atoms with Gasteiger partial charge in [-0.05, 0) is 74.2 Å². The van der Waals surface area contributed by atoms with Crippen LogP contribution in [0.4, 0.5) is 10.5 Å². The fraction of sp³-hybridized carbons (Fsp3) is 0.333. The molecule has 1 spiro atoms. The molecule has 3 atom stereocenters. The number of nitrogens with zero attached hydrogens (tertiary/aromatic N) is 2. The molecular weight excluding hydrogens is 591 g/mol. The standard InChI is InChI=1S/C33H32Cl2N2O6/c1-19-9-6-7-12-23(19)29-33(24-14-13-22(35)16-26(24)37(30(33)40)31(41)43-32(2,3)4)25(20-10-8-11-21(34)15-20)17-27(38)36(29)18-28(39)42-5/h6-16,25,29H,17-18H2,1-5H3. The summed E-state index contributed by atoms with van der Waals surface area (Å²) in [5, 5.41) is 0.734. The lowest BCUT2D eigenvalue weighted by Gasteiger charge is -2.51. The first-order valence-electron chi connectivity index (χ1n) is 13.8. The van der Waals surface area contributed by atoms with E-state index in [0.29, 0.717) is 26.7 Å². The molecule has 1 fully saturated rings. The summed E-state index contributed by atoms with van der Waals surface area (Å²) in [5.74, 6) is -2.38. The van der Waals surface area contributed by atoms with E-state index in [-0.39, 0.29) is 18.0 Å². The van der Waals surface area contributed by atoms with Gasteiger partial charge in [-0.15, -0.1) is 0 Å². The number of methoxy groups -OCH3 is 1. The molecule has 3 aromatic rings. The summed E-state index contributed by atoms with van der Waals surface area (Å²) in [4.78, 5) is 58.3. The second kappa shape index (κ2) is 11.3. The van der Waals surface area contributed by atoms with Crippen LogP contribution >= 0.6 is 23.2 Å². The zero-order chi connectivity index (χ0) is 31.3. The molecule has 5 rings (SSSR count). The molecule has 0 aliphatic carbocycles. The number of piperidine rings is 1. The van der Waals surface area contributed by atoms with Crippen LogP contribution in [-0.4, -0.2) is 48.0 Å². The molecule has 0 radical (unpaired) electrons. The smallest absolute Gasteiger partial charge is 0.421 e. The van der Waals surface area contributed by atoms with Gasteiger partial charge in [-0.1, -0.05) is 65.7 Å². The molecule has 0 bridgehead atoms. The molecule has 3 unspecified atom stereocenters. The highest BCUT2D eigenvalue weighted by atomic mass is 35.5. The van der Waals surface area contributed by atoms with Gasteiger partial charge >= 0.3 is 12.1 Å². The summed E-state index contributed by atoms with van der Waals surface area (Å²) < 4.78 is 10.7. The number of rotatable bonds is 4. The number of carbonyl (C=O) groups is 4. The van der Waals surface area contributed by atoms with Crippen LogP contribution in [0.5, 0.6) is 0 Å². The first-order chi connectivity index (χ1) is 20.3. The van der Waals surface area contributed by atoms with Gasteiger partial charge in [0.05, 0.1) is 18.8 Å². The molecule has 3 aromatic carbocycles. The van der Waals surface area contributed by atoms with Crippen LogP contribution in [0, 0.1) is 6.92 Å². The lowest BCUT2D eigenvalue weighted by atomic mass is 9.58. The summed E-state index contributed by atoms with van der Waals surface area (Å²) in [5.41, 5.74) is 0.311. The van der Waals surface area contributed by atoms with Gasteiger partial charge in [0.1, 0.15) is 17.6 Å². The molecule has 0 saturated carbocycles. The zero-order valence-electron chi connectivity index (χ0n) is 24.5. The van der Waals surface area contributed by atoms with Crippen molar-refractivity contribution < 1.29 is 28.7 Å². The number of esters is 1. The maximum Gasteiger partial charge on any atom is 0.421 e. The maximum absolute atomic E-state index is 15.2. The molecule has 8 nitrogen and oxygen atoms in total. The van der Waals surface area contributed by atoms with Gasteiger partial charge in [-0.2, -0.15) is 0 Å². The van der Waals surface area contributed by atoms with Gasteiger partial charge in [0, 0.05) is 22.4 Å². The third-order valence-corrected chi connectivity index (χ3v) is 8.50. The number of carbonyl (C=O) groups excluding carboxylic acids is 4. The van der Waals surface area contributed by atoms with E-state index in [1.54, 1.807) is 57.2 Å². The molecular formula is C33H32Cl2N2O6. The quantitative estimate of drug-likeness (QED) is 0.299. The molecule has 2 heterocycles. The largest absolute Gasteiger partial charge is 0.468 e. The number of hydrogen-bond acceptors (Lipinski definition) is 6. The van der Waals surface area contributed by atoms with Crippen LogP contribution in [0.3, 0.4) is 0 Å². The predicted molar refractivity (Wildman–Crippen MR) is 163 cm³/mol. The first kappa shape index (κ1) is 30.6. The van der Waals surface area contributed by atoms with Crippen molar-refractivity contribution in [2.24, 2.45) is 0 Å². The topological polar surface area (TPSA) is 93.2 Å². The highest BCUT2D eigenvalue weighted by Crippen LogP contribution is 2.62. The minimum atomic E-state index is -1.59. The van der Waals surface area contributed by atoms with E-state index < -0.39 is 47.5 Å². The van der Waals surface area contributed by atoms with E-state index in [4.69, 9.17) is 32.7 Å². The number of imide groups is 1. The Bertz CT molecular complexity index is 1630. The van der Waals surface area contributed by atoms with Gasteiger partial charge < -0.3 is 14.4 Å².